The molecule has 2 N–H and O–H groups in total. The van der Waals surface area contributed by atoms with Crippen LogP contribution in [0.15, 0.2) is 18.2 Å². The molecule has 1 heterocycles. The molecule has 0 amide bonds. The number of aliphatic carboxylic acids is 1. The largest absolute Gasteiger partial charge is 0.490 e. The molecule has 2 aliphatic rings. The van der Waals surface area contributed by atoms with Crippen LogP contribution in [0.2, 0.25) is 0 Å². The summed E-state index contributed by atoms with van der Waals surface area (Å²) in [6, 6.07) is 5.29. The monoisotopic (exact) mass is 370 g/mol. The molecule has 1 aliphatic heterocycles. The first-order valence-electron chi connectivity index (χ1n) is 9.39. The Labute approximate surface area is 157 Å². The third-order valence-corrected chi connectivity index (χ3v) is 5.73. The van der Waals surface area contributed by atoms with E-state index in [2.05, 4.69) is 0 Å². The minimum atomic E-state index is -1.64. The van der Waals surface area contributed by atoms with Gasteiger partial charge in [0.15, 0.2) is 17.7 Å². The van der Waals surface area contributed by atoms with E-state index < -0.39 is 17.9 Å². The lowest BCUT2D eigenvalue weighted by Gasteiger charge is -2.25. The Morgan fingerprint density at radius 3 is 2.70 bits per heavy atom. The van der Waals surface area contributed by atoms with Crippen molar-refractivity contribution in [2.75, 3.05) is 6.61 Å². The van der Waals surface area contributed by atoms with Crippen LogP contribution in [0.5, 0.6) is 5.75 Å². The zero-order valence-electron chi connectivity index (χ0n) is 15.5. The number of aryl methyl sites for hydroxylation is 1. The molecule has 0 spiro atoms. The molecule has 4 rings (SSSR count). The summed E-state index contributed by atoms with van der Waals surface area (Å²) in [4.78, 5) is 11.6. The summed E-state index contributed by atoms with van der Waals surface area (Å²) >= 11 is 0. The zero-order valence-corrected chi connectivity index (χ0v) is 15.5. The van der Waals surface area contributed by atoms with Gasteiger partial charge in [-0.3, -0.25) is 0 Å². The Hall–Kier alpha value is -2.40. The van der Waals surface area contributed by atoms with Crippen LogP contribution in [-0.4, -0.2) is 22.8 Å². The van der Waals surface area contributed by atoms with Crippen LogP contribution in [0.1, 0.15) is 59.1 Å². The number of aliphatic hydroxyl groups is 1. The summed E-state index contributed by atoms with van der Waals surface area (Å²) in [5.41, 5.74) is 5.14. The maximum absolute atomic E-state index is 14.8. The van der Waals surface area contributed by atoms with Crippen molar-refractivity contribution in [1.82, 2.24) is 0 Å². The summed E-state index contributed by atoms with van der Waals surface area (Å²) in [5.74, 6) is -1.09. The Morgan fingerprint density at radius 1 is 1.30 bits per heavy atom. The lowest BCUT2D eigenvalue weighted by Crippen LogP contribution is -2.16. The third-order valence-electron chi connectivity index (χ3n) is 5.73. The average Bonchev–Trinajstić information content (AvgIpc) is 3.49. The molecular weight excluding hydrogens is 347 g/mol. The number of hydrogen-bond donors (Lipinski definition) is 2. The van der Waals surface area contributed by atoms with E-state index in [-0.39, 0.29) is 0 Å². The molecule has 0 radical (unpaired) electrons. The zero-order chi connectivity index (χ0) is 19.3. The molecule has 142 valence electrons. The highest BCUT2D eigenvalue weighted by molar-refractivity contribution is 5.84. The molecular formula is C22H23FO4. The highest BCUT2D eigenvalue weighted by Gasteiger charge is 2.33. The second-order valence-electron chi connectivity index (χ2n) is 7.57. The SMILES string of the molecule is Cc1ccc(C2CC2)c(-c2cc(F)c3c(c2C)CCCO3)c1C(O)C(=O)O. The van der Waals surface area contributed by atoms with Crippen molar-refractivity contribution in [3.05, 3.63) is 51.8 Å². The predicted molar refractivity (Wildman–Crippen MR) is 99.7 cm³/mol. The van der Waals surface area contributed by atoms with Gasteiger partial charge in [-0.2, -0.15) is 0 Å². The van der Waals surface area contributed by atoms with Gasteiger partial charge in [0.1, 0.15) is 0 Å². The van der Waals surface area contributed by atoms with Gasteiger partial charge in [0.2, 0.25) is 0 Å². The normalized spacial score (nSPS) is 17.2. The molecule has 5 heteroatoms. The number of benzene rings is 2. The number of halogens is 1. The fourth-order valence-corrected chi connectivity index (χ4v) is 4.17. The predicted octanol–water partition coefficient (Wildman–Crippen LogP) is 4.43. The van der Waals surface area contributed by atoms with Crippen LogP contribution in [0, 0.1) is 19.7 Å². The molecule has 0 bridgehead atoms. The highest BCUT2D eigenvalue weighted by atomic mass is 19.1. The van der Waals surface area contributed by atoms with Crippen molar-refractivity contribution < 1.29 is 24.1 Å². The smallest absolute Gasteiger partial charge is 0.337 e. The topological polar surface area (TPSA) is 66.8 Å². The van der Waals surface area contributed by atoms with Crippen molar-refractivity contribution >= 4 is 5.97 Å². The standard InChI is InChI=1S/C22H23FO4/c1-11-5-8-15(13-6-7-13)19(18(11)20(24)22(25)26)16-10-17(23)21-14(12(16)2)4-3-9-27-21/h5,8,10,13,20,24H,3-4,6-7,9H2,1-2H3,(H,25,26). The molecule has 1 saturated carbocycles. The number of carbonyl (C=O) groups is 1. The number of carboxylic acids is 1. The Kier molecular flexibility index (Phi) is 4.42. The van der Waals surface area contributed by atoms with E-state index in [4.69, 9.17) is 4.74 Å². The lowest BCUT2D eigenvalue weighted by atomic mass is 9.83. The number of hydrogen-bond acceptors (Lipinski definition) is 3. The van der Waals surface area contributed by atoms with Crippen LogP contribution < -0.4 is 4.74 Å². The third kappa shape index (κ3) is 3.00. The summed E-state index contributed by atoms with van der Waals surface area (Å²) < 4.78 is 20.4. The Balaban J connectivity index is 2.02. The first-order chi connectivity index (χ1) is 12.9. The minimum Gasteiger partial charge on any atom is -0.490 e. The fraction of sp³-hybridized carbons (Fsp3) is 0.409. The molecule has 1 aliphatic carbocycles. The van der Waals surface area contributed by atoms with Crippen LogP contribution in [0.25, 0.3) is 11.1 Å². The van der Waals surface area contributed by atoms with Gasteiger partial charge in [-0.25, -0.2) is 9.18 Å². The molecule has 4 nitrogen and oxygen atoms in total. The molecule has 1 unspecified atom stereocenters. The van der Waals surface area contributed by atoms with Gasteiger partial charge in [-0.1, -0.05) is 12.1 Å². The number of ether oxygens (including phenoxy) is 1. The second-order valence-corrected chi connectivity index (χ2v) is 7.57. The van der Waals surface area contributed by atoms with E-state index in [1.807, 2.05) is 19.1 Å². The first kappa shape index (κ1) is 18.0. The minimum absolute atomic E-state index is 0.309. The van der Waals surface area contributed by atoms with E-state index in [1.54, 1.807) is 6.92 Å². The molecule has 1 atom stereocenters. The molecule has 2 aromatic carbocycles. The van der Waals surface area contributed by atoms with E-state index in [0.717, 1.165) is 42.4 Å². The van der Waals surface area contributed by atoms with Crippen LogP contribution in [0.3, 0.4) is 0 Å². The number of carboxylic acid groups (broad SMARTS) is 1. The molecule has 2 aromatic rings. The highest BCUT2D eigenvalue weighted by Crippen LogP contribution is 2.49. The van der Waals surface area contributed by atoms with Crippen LogP contribution in [-0.2, 0) is 11.2 Å². The van der Waals surface area contributed by atoms with Gasteiger partial charge in [0.05, 0.1) is 6.61 Å². The maximum atomic E-state index is 14.8. The summed E-state index contributed by atoms with van der Waals surface area (Å²) in [6.07, 6.45) is 1.95. The van der Waals surface area contributed by atoms with Gasteiger partial charge in [0, 0.05) is 11.1 Å². The molecule has 0 saturated heterocycles. The summed E-state index contributed by atoms with van der Waals surface area (Å²) in [6.45, 7) is 4.22. The quantitative estimate of drug-likeness (QED) is 0.836. The number of rotatable bonds is 4. The van der Waals surface area contributed by atoms with Gasteiger partial charge >= 0.3 is 5.97 Å². The van der Waals surface area contributed by atoms with Crippen molar-refractivity contribution in [3.8, 4) is 16.9 Å². The Morgan fingerprint density at radius 2 is 2.04 bits per heavy atom. The van der Waals surface area contributed by atoms with Gasteiger partial charge in [0.25, 0.3) is 0 Å². The fourth-order valence-electron chi connectivity index (χ4n) is 4.17. The molecule has 1 fully saturated rings. The lowest BCUT2D eigenvalue weighted by molar-refractivity contribution is -0.146. The van der Waals surface area contributed by atoms with Crippen molar-refractivity contribution in [3.63, 3.8) is 0 Å². The van der Waals surface area contributed by atoms with Crippen molar-refractivity contribution in [2.24, 2.45) is 0 Å². The first-order valence-corrected chi connectivity index (χ1v) is 9.39. The van der Waals surface area contributed by atoms with Crippen molar-refractivity contribution in [1.29, 1.82) is 0 Å². The molecule has 0 aromatic heterocycles. The number of fused-ring (bicyclic) bond motifs is 1. The second kappa shape index (κ2) is 6.64. The van der Waals surface area contributed by atoms with E-state index in [1.165, 1.54) is 6.07 Å². The summed E-state index contributed by atoms with van der Waals surface area (Å²) in [5, 5.41) is 19.9. The summed E-state index contributed by atoms with van der Waals surface area (Å²) in [7, 11) is 0. The molecule has 27 heavy (non-hydrogen) atoms. The van der Waals surface area contributed by atoms with E-state index in [0.29, 0.717) is 40.5 Å². The number of aliphatic hydroxyl groups excluding tert-OH is 1. The average molecular weight is 370 g/mol. The van der Waals surface area contributed by atoms with E-state index >= 15 is 0 Å². The van der Waals surface area contributed by atoms with E-state index in [9.17, 15) is 19.4 Å². The van der Waals surface area contributed by atoms with Crippen LogP contribution >= 0.6 is 0 Å². The maximum Gasteiger partial charge on any atom is 0.337 e. The van der Waals surface area contributed by atoms with Gasteiger partial charge in [-0.05, 0) is 79.3 Å². The van der Waals surface area contributed by atoms with Crippen LogP contribution in [0.4, 0.5) is 4.39 Å². The van der Waals surface area contributed by atoms with Gasteiger partial charge < -0.3 is 14.9 Å². The van der Waals surface area contributed by atoms with Crippen molar-refractivity contribution in [2.45, 2.75) is 51.6 Å². The van der Waals surface area contributed by atoms with Gasteiger partial charge in [-0.15, -0.1) is 0 Å². The Bertz CT molecular complexity index is 931.